The lowest BCUT2D eigenvalue weighted by Gasteiger charge is -2.17. The molecule has 1 rings (SSSR count). The molecule has 0 saturated carbocycles. The zero-order chi connectivity index (χ0) is 8.32. The van der Waals surface area contributed by atoms with E-state index < -0.39 is 5.67 Å². The summed E-state index contributed by atoms with van der Waals surface area (Å²) in [6.07, 6.45) is 3.12. The highest BCUT2D eigenvalue weighted by Gasteiger charge is 2.22. The van der Waals surface area contributed by atoms with Crippen LogP contribution in [0, 0.1) is 0 Å². The third-order valence-electron chi connectivity index (χ3n) is 1.67. The Morgan fingerprint density at radius 2 is 2.09 bits per heavy atom. The first-order chi connectivity index (χ1) is 5.17. The molecule has 0 aliphatic heterocycles. The predicted molar refractivity (Wildman–Crippen MR) is 41.8 cm³/mol. The van der Waals surface area contributed by atoms with Crippen LogP contribution in [-0.2, 0) is 5.67 Å². The monoisotopic (exact) mass is 154 g/mol. The Morgan fingerprint density at radius 1 is 1.55 bits per heavy atom. The molecule has 0 radical (unpaired) electrons. The van der Waals surface area contributed by atoms with E-state index in [1.165, 1.54) is 6.92 Å². The number of nitrogens with zero attached hydrogens (tertiary/aromatic N) is 1. The Hall–Kier alpha value is -0.960. The zero-order valence-electron chi connectivity index (χ0n) is 6.42. The van der Waals surface area contributed by atoms with Crippen molar-refractivity contribution in [3.63, 3.8) is 0 Å². The molecule has 1 heterocycles. The molecule has 1 atom stereocenters. The van der Waals surface area contributed by atoms with Crippen LogP contribution in [0.2, 0.25) is 0 Å². The van der Waals surface area contributed by atoms with Gasteiger partial charge in [-0.25, -0.2) is 4.39 Å². The van der Waals surface area contributed by atoms with Gasteiger partial charge in [-0.05, 0) is 24.6 Å². The van der Waals surface area contributed by atoms with Gasteiger partial charge in [0.1, 0.15) is 5.67 Å². The van der Waals surface area contributed by atoms with Crippen LogP contribution < -0.4 is 5.73 Å². The number of nitrogens with two attached hydrogens (primary N) is 1. The molecular weight excluding hydrogens is 143 g/mol. The predicted octanol–water partition coefficient (Wildman–Crippen LogP) is 1.23. The summed E-state index contributed by atoms with van der Waals surface area (Å²) in [6.45, 7) is 1.46. The first kappa shape index (κ1) is 8.14. The fraction of sp³-hybridized carbons (Fsp3) is 0.375. The molecule has 2 N–H and O–H groups in total. The van der Waals surface area contributed by atoms with Crippen LogP contribution in [0.15, 0.2) is 24.5 Å². The van der Waals surface area contributed by atoms with Crippen molar-refractivity contribution in [2.75, 3.05) is 6.54 Å². The molecule has 2 nitrogen and oxygen atoms in total. The maximum atomic E-state index is 13.4. The normalized spacial score (nSPS) is 15.9. The van der Waals surface area contributed by atoms with E-state index in [1.54, 1.807) is 24.5 Å². The summed E-state index contributed by atoms with van der Waals surface area (Å²) in [5, 5.41) is 0. The average molecular weight is 154 g/mol. The van der Waals surface area contributed by atoms with Gasteiger partial charge in [0, 0.05) is 18.9 Å². The molecule has 3 heteroatoms. The van der Waals surface area contributed by atoms with Crippen molar-refractivity contribution in [2.24, 2.45) is 5.73 Å². The van der Waals surface area contributed by atoms with Crippen molar-refractivity contribution in [1.82, 2.24) is 4.98 Å². The standard InChI is InChI=1S/C8H11FN2/c1-8(9,6-10)7-2-4-11-5-3-7/h2-5H,6,10H2,1H3/t8-/m1/s1. The lowest BCUT2D eigenvalue weighted by atomic mass is 10.00. The van der Waals surface area contributed by atoms with Gasteiger partial charge in [0.05, 0.1) is 0 Å². The Balaban J connectivity index is 2.93. The van der Waals surface area contributed by atoms with Crippen molar-refractivity contribution in [3.8, 4) is 0 Å². The molecule has 1 aromatic heterocycles. The Morgan fingerprint density at radius 3 is 2.55 bits per heavy atom. The Bertz CT molecular complexity index is 221. The lowest BCUT2D eigenvalue weighted by molar-refractivity contribution is 0.203. The van der Waals surface area contributed by atoms with Crippen molar-refractivity contribution >= 4 is 0 Å². The SMILES string of the molecule is C[C@@](F)(CN)c1ccncc1. The molecule has 0 saturated heterocycles. The number of pyridine rings is 1. The molecule has 1 aromatic rings. The quantitative estimate of drug-likeness (QED) is 0.695. The molecule has 60 valence electrons. The number of rotatable bonds is 2. The van der Waals surface area contributed by atoms with E-state index >= 15 is 0 Å². The summed E-state index contributed by atoms with van der Waals surface area (Å²) in [6, 6.07) is 3.26. The van der Waals surface area contributed by atoms with Crippen molar-refractivity contribution in [3.05, 3.63) is 30.1 Å². The second-order valence-electron chi connectivity index (χ2n) is 2.64. The minimum absolute atomic E-state index is 0.00296. The van der Waals surface area contributed by atoms with E-state index in [2.05, 4.69) is 4.98 Å². The average Bonchev–Trinajstić information content (AvgIpc) is 2.06. The second-order valence-corrected chi connectivity index (χ2v) is 2.64. The number of aromatic nitrogens is 1. The summed E-state index contributed by atoms with van der Waals surface area (Å²) < 4.78 is 13.4. The van der Waals surface area contributed by atoms with Crippen LogP contribution in [0.4, 0.5) is 4.39 Å². The summed E-state index contributed by atoms with van der Waals surface area (Å²) in [5.41, 5.74) is 4.39. The molecule has 0 aromatic carbocycles. The number of halogens is 1. The van der Waals surface area contributed by atoms with Crippen molar-refractivity contribution in [2.45, 2.75) is 12.6 Å². The van der Waals surface area contributed by atoms with E-state index in [-0.39, 0.29) is 6.54 Å². The van der Waals surface area contributed by atoms with Gasteiger partial charge in [-0.2, -0.15) is 0 Å². The summed E-state index contributed by atoms with van der Waals surface area (Å²) >= 11 is 0. The fourth-order valence-corrected chi connectivity index (χ4v) is 0.817. The largest absolute Gasteiger partial charge is 0.327 e. The van der Waals surface area contributed by atoms with E-state index in [0.29, 0.717) is 5.56 Å². The topological polar surface area (TPSA) is 38.9 Å². The van der Waals surface area contributed by atoms with E-state index in [1.807, 2.05) is 0 Å². The lowest BCUT2D eigenvalue weighted by Crippen LogP contribution is -2.26. The molecule has 0 aliphatic carbocycles. The summed E-state index contributed by atoms with van der Waals surface area (Å²) in [4.78, 5) is 3.79. The summed E-state index contributed by atoms with van der Waals surface area (Å²) in [7, 11) is 0. The highest BCUT2D eigenvalue weighted by Crippen LogP contribution is 2.22. The van der Waals surface area contributed by atoms with Gasteiger partial charge in [-0.3, -0.25) is 4.98 Å². The number of alkyl halides is 1. The molecule has 0 spiro atoms. The van der Waals surface area contributed by atoms with E-state index in [9.17, 15) is 4.39 Å². The molecule has 0 bridgehead atoms. The van der Waals surface area contributed by atoms with Crippen LogP contribution in [0.3, 0.4) is 0 Å². The minimum Gasteiger partial charge on any atom is -0.327 e. The van der Waals surface area contributed by atoms with Gasteiger partial charge in [0.15, 0.2) is 0 Å². The zero-order valence-corrected chi connectivity index (χ0v) is 6.42. The van der Waals surface area contributed by atoms with Gasteiger partial charge in [0.2, 0.25) is 0 Å². The second kappa shape index (κ2) is 2.96. The minimum atomic E-state index is -1.43. The fourth-order valence-electron chi connectivity index (χ4n) is 0.817. The highest BCUT2D eigenvalue weighted by molar-refractivity contribution is 5.18. The van der Waals surface area contributed by atoms with Gasteiger partial charge in [-0.15, -0.1) is 0 Å². The number of hydrogen-bond acceptors (Lipinski definition) is 2. The third-order valence-corrected chi connectivity index (χ3v) is 1.67. The molecule has 0 amide bonds. The number of hydrogen-bond donors (Lipinski definition) is 1. The van der Waals surface area contributed by atoms with Crippen LogP contribution >= 0.6 is 0 Å². The van der Waals surface area contributed by atoms with Gasteiger partial charge in [-0.1, -0.05) is 0 Å². The van der Waals surface area contributed by atoms with Crippen LogP contribution in [0.5, 0.6) is 0 Å². The molecule has 11 heavy (non-hydrogen) atoms. The Labute approximate surface area is 65.3 Å². The highest BCUT2D eigenvalue weighted by atomic mass is 19.1. The maximum Gasteiger partial charge on any atom is 0.145 e. The third kappa shape index (κ3) is 1.74. The molecular formula is C8H11FN2. The molecule has 0 fully saturated rings. The van der Waals surface area contributed by atoms with Gasteiger partial charge >= 0.3 is 0 Å². The van der Waals surface area contributed by atoms with E-state index in [4.69, 9.17) is 5.73 Å². The van der Waals surface area contributed by atoms with Crippen LogP contribution in [0.1, 0.15) is 12.5 Å². The van der Waals surface area contributed by atoms with Crippen LogP contribution in [0.25, 0.3) is 0 Å². The Kier molecular flexibility index (Phi) is 2.19. The van der Waals surface area contributed by atoms with Crippen LogP contribution in [-0.4, -0.2) is 11.5 Å². The van der Waals surface area contributed by atoms with Crippen molar-refractivity contribution < 1.29 is 4.39 Å². The van der Waals surface area contributed by atoms with E-state index in [0.717, 1.165) is 0 Å². The smallest absolute Gasteiger partial charge is 0.145 e. The molecule has 0 aliphatic rings. The first-order valence-corrected chi connectivity index (χ1v) is 3.46. The van der Waals surface area contributed by atoms with Crippen molar-refractivity contribution in [1.29, 1.82) is 0 Å². The van der Waals surface area contributed by atoms with Gasteiger partial charge < -0.3 is 5.73 Å². The maximum absolute atomic E-state index is 13.4. The summed E-state index contributed by atoms with van der Waals surface area (Å²) in [5.74, 6) is 0. The molecule has 0 unspecified atom stereocenters. The van der Waals surface area contributed by atoms with Gasteiger partial charge in [0.25, 0.3) is 0 Å². The first-order valence-electron chi connectivity index (χ1n) is 3.46.